The van der Waals surface area contributed by atoms with E-state index in [0.717, 1.165) is 20.9 Å². The Morgan fingerprint density at radius 2 is 2.31 bits per heavy atom. The molecule has 1 aromatic heterocycles. The lowest BCUT2D eigenvalue weighted by atomic mass is 10.3. The molecule has 0 unspecified atom stereocenters. The molecule has 68 valence electrons. The number of aliphatic hydroxyl groups excluding tert-OH is 1. The van der Waals surface area contributed by atoms with Crippen molar-refractivity contribution in [3.8, 4) is 0 Å². The number of nitrogens with zero attached hydrogens (tertiary/aromatic N) is 1. The van der Waals surface area contributed by atoms with E-state index in [-0.39, 0.29) is 0 Å². The highest BCUT2D eigenvalue weighted by molar-refractivity contribution is 7.18. The van der Waals surface area contributed by atoms with Crippen molar-refractivity contribution in [1.82, 2.24) is 4.98 Å². The van der Waals surface area contributed by atoms with E-state index >= 15 is 0 Å². The van der Waals surface area contributed by atoms with Crippen LogP contribution in [0.25, 0.3) is 10.2 Å². The molecule has 0 saturated heterocycles. The number of aliphatic hydroxyl groups is 1. The number of nitrogens with two attached hydrogens (primary N) is 1. The van der Waals surface area contributed by atoms with Crippen LogP contribution in [-0.4, -0.2) is 10.1 Å². The van der Waals surface area contributed by atoms with Crippen molar-refractivity contribution in [1.29, 1.82) is 0 Å². The van der Waals surface area contributed by atoms with Crippen LogP contribution in [0.5, 0.6) is 0 Å². The van der Waals surface area contributed by atoms with E-state index in [0.29, 0.717) is 0 Å². The van der Waals surface area contributed by atoms with Gasteiger partial charge in [-0.05, 0) is 25.1 Å². The fourth-order valence-corrected chi connectivity index (χ4v) is 2.09. The summed E-state index contributed by atoms with van der Waals surface area (Å²) in [4.78, 5) is 4.27. The predicted octanol–water partition coefficient (Wildman–Crippen LogP) is 1.93. The minimum absolute atomic E-state index is 0.501. The van der Waals surface area contributed by atoms with Crippen molar-refractivity contribution < 1.29 is 5.11 Å². The van der Waals surface area contributed by atoms with Crippen molar-refractivity contribution in [3.05, 3.63) is 23.2 Å². The summed E-state index contributed by atoms with van der Waals surface area (Å²) < 4.78 is 1.02. The molecular formula is C9H10N2OS. The van der Waals surface area contributed by atoms with Gasteiger partial charge < -0.3 is 10.8 Å². The van der Waals surface area contributed by atoms with Crippen LogP contribution >= 0.6 is 11.3 Å². The molecule has 0 saturated carbocycles. The second kappa shape index (κ2) is 2.97. The first-order valence-corrected chi connectivity index (χ1v) is 4.82. The van der Waals surface area contributed by atoms with E-state index in [1.165, 1.54) is 11.3 Å². The molecule has 0 aliphatic carbocycles. The Kier molecular flexibility index (Phi) is 1.94. The Morgan fingerprint density at radius 1 is 1.54 bits per heavy atom. The zero-order chi connectivity index (χ0) is 9.42. The van der Waals surface area contributed by atoms with Crippen LogP contribution in [0.15, 0.2) is 18.2 Å². The lowest BCUT2D eigenvalue weighted by Gasteiger charge is -1.93. The molecule has 3 N–H and O–H groups in total. The van der Waals surface area contributed by atoms with E-state index in [1.807, 2.05) is 18.2 Å². The van der Waals surface area contributed by atoms with Crippen molar-refractivity contribution in [2.24, 2.45) is 0 Å². The molecule has 1 aromatic carbocycles. The third kappa shape index (κ3) is 1.50. The molecule has 4 heteroatoms. The van der Waals surface area contributed by atoms with E-state index in [4.69, 9.17) is 5.73 Å². The van der Waals surface area contributed by atoms with Gasteiger partial charge in [0.25, 0.3) is 0 Å². The van der Waals surface area contributed by atoms with Crippen molar-refractivity contribution in [2.45, 2.75) is 13.0 Å². The number of hydrogen-bond acceptors (Lipinski definition) is 4. The van der Waals surface area contributed by atoms with Crippen LogP contribution in [0.1, 0.15) is 18.0 Å². The minimum Gasteiger partial charge on any atom is -0.399 e. The number of fused-ring (bicyclic) bond motifs is 1. The van der Waals surface area contributed by atoms with Gasteiger partial charge in [-0.3, -0.25) is 0 Å². The molecule has 0 aliphatic heterocycles. The molecule has 0 bridgehead atoms. The van der Waals surface area contributed by atoms with Crippen LogP contribution in [0.2, 0.25) is 0 Å². The zero-order valence-corrected chi connectivity index (χ0v) is 8.01. The van der Waals surface area contributed by atoms with Crippen LogP contribution < -0.4 is 5.73 Å². The summed E-state index contributed by atoms with van der Waals surface area (Å²) >= 11 is 1.48. The summed E-state index contributed by atoms with van der Waals surface area (Å²) in [7, 11) is 0. The number of benzene rings is 1. The zero-order valence-electron chi connectivity index (χ0n) is 7.19. The lowest BCUT2D eigenvalue weighted by Crippen LogP contribution is -1.87. The predicted molar refractivity (Wildman–Crippen MR) is 54.7 cm³/mol. The van der Waals surface area contributed by atoms with Gasteiger partial charge in [0.1, 0.15) is 11.1 Å². The van der Waals surface area contributed by atoms with Gasteiger partial charge in [0.2, 0.25) is 0 Å². The Labute approximate surface area is 79.8 Å². The smallest absolute Gasteiger partial charge is 0.122 e. The van der Waals surface area contributed by atoms with Crippen molar-refractivity contribution in [3.63, 3.8) is 0 Å². The maximum atomic E-state index is 9.31. The Bertz CT molecular complexity index is 436. The number of aromatic nitrogens is 1. The lowest BCUT2D eigenvalue weighted by molar-refractivity contribution is 0.199. The topological polar surface area (TPSA) is 59.1 Å². The second-order valence-corrected chi connectivity index (χ2v) is 4.02. The SMILES string of the molecule is C[C@H](O)c1nc2ccc(N)cc2s1. The molecule has 0 fully saturated rings. The van der Waals surface area contributed by atoms with Gasteiger partial charge in [-0.2, -0.15) is 0 Å². The fraction of sp³-hybridized carbons (Fsp3) is 0.222. The summed E-state index contributed by atoms with van der Waals surface area (Å²) in [6.45, 7) is 1.71. The number of nitrogen functional groups attached to an aromatic ring is 1. The van der Waals surface area contributed by atoms with Gasteiger partial charge in [0.05, 0.1) is 10.2 Å². The first kappa shape index (κ1) is 8.47. The highest BCUT2D eigenvalue weighted by Gasteiger charge is 2.07. The standard InChI is InChI=1S/C9H10N2OS/c1-5(12)9-11-7-3-2-6(10)4-8(7)13-9/h2-5,12H,10H2,1H3/t5-/m0/s1. The summed E-state index contributed by atoms with van der Waals surface area (Å²) in [5.41, 5.74) is 7.25. The van der Waals surface area contributed by atoms with E-state index in [9.17, 15) is 5.11 Å². The monoisotopic (exact) mass is 194 g/mol. The van der Waals surface area contributed by atoms with E-state index in [1.54, 1.807) is 6.92 Å². The third-order valence-electron chi connectivity index (χ3n) is 1.79. The first-order chi connectivity index (χ1) is 6.16. The molecule has 2 rings (SSSR count). The minimum atomic E-state index is -0.501. The van der Waals surface area contributed by atoms with Crippen LogP contribution in [0, 0.1) is 0 Å². The van der Waals surface area contributed by atoms with Crippen LogP contribution in [0.3, 0.4) is 0 Å². The first-order valence-electron chi connectivity index (χ1n) is 4.01. The summed E-state index contributed by atoms with van der Waals surface area (Å²) in [5.74, 6) is 0. The van der Waals surface area contributed by atoms with Gasteiger partial charge in [-0.25, -0.2) is 4.98 Å². The quantitative estimate of drug-likeness (QED) is 0.682. The molecule has 0 spiro atoms. The van der Waals surface area contributed by atoms with Gasteiger partial charge in [-0.15, -0.1) is 11.3 Å². The van der Waals surface area contributed by atoms with Crippen LogP contribution in [0.4, 0.5) is 5.69 Å². The Hall–Kier alpha value is -1.13. The Balaban J connectivity index is 2.62. The molecular weight excluding hydrogens is 184 g/mol. The molecule has 2 aromatic rings. The Morgan fingerprint density at radius 3 is 3.00 bits per heavy atom. The maximum absolute atomic E-state index is 9.31. The average Bonchev–Trinajstić information content (AvgIpc) is 2.46. The molecule has 3 nitrogen and oxygen atoms in total. The highest BCUT2D eigenvalue weighted by atomic mass is 32.1. The van der Waals surface area contributed by atoms with Gasteiger partial charge in [0.15, 0.2) is 0 Å². The number of rotatable bonds is 1. The second-order valence-electron chi connectivity index (χ2n) is 2.96. The average molecular weight is 194 g/mol. The summed E-state index contributed by atoms with van der Waals surface area (Å²) in [6, 6.07) is 5.56. The van der Waals surface area contributed by atoms with Gasteiger partial charge in [-0.1, -0.05) is 0 Å². The maximum Gasteiger partial charge on any atom is 0.122 e. The van der Waals surface area contributed by atoms with Gasteiger partial charge >= 0.3 is 0 Å². The molecule has 0 radical (unpaired) electrons. The molecule has 1 heterocycles. The fourth-order valence-electron chi connectivity index (χ4n) is 1.14. The van der Waals surface area contributed by atoms with Gasteiger partial charge in [0, 0.05) is 5.69 Å². The summed E-state index contributed by atoms with van der Waals surface area (Å²) in [6.07, 6.45) is -0.501. The molecule has 0 aliphatic rings. The number of anilines is 1. The largest absolute Gasteiger partial charge is 0.399 e. The van der Waals surface area contributed by atoms with E-state index < -0.39 is 6.10 Å². The third-order valence-corrected chi connectivity index (χ3v) is 2.97. The highest BCUT2D eigenvalue weighted by Crippen LogP contribution is 2.27. The normalized spacial score (nSPS) is 13.4. The van der Waals surface area contributed by atoms with Crippen molar-refractivity contribution in [2.75, 3.05) is 5.73 Å². The molecule has 0 amide bonds. The number of thiazole rings is 1. The van der Waals surface area contributed by atoms with E-state index in [2.05, 4.69) is 4.98 Å². The van der Waals surface area contributed by atoms with Crippen LogP contribution in [-0.2, 0) is 0 Å². The van der Waals surface area contributed by atoms with Crippen molar-refractivity contribution >= 4 is 27.2 Å². The summed E-state index contributed by atoms with van der Waals surface area (Å²) in [5, 5.41) is 10.0. The number of hydrogen-bond donors (Lipinski definition) is 2. The molecule has 13 heavy (non-hydrogen) atoms. The molecule has 1 atom stereocenters.